The highest BCUT2D eigenvalue weighted by Crippen LogP contribution is 2.22. The molecule has 37 heavy (non-hydrogen) atoms. The first-order valence-electron chi connectivity index (χ1n) is 11.1. The molecule has 2 aromatic rings. The van der Waals surface area contributed by atoms with Gasteiger partial charge in [0.2, 0.25) is 0 Å². The van der Waals surface area contributed by atoms with Crippen molar-refractivity contribution in [1.29, 1.82) is 0 Å². The van der Waals surface area contributed by atoms with Crippen LogP contribution in [0.25, 0.3) is 12.2 Å². The standard InChI is InChI=1S/C27H24N4O4S2/c1-5-34-26(32)24(13-21-12-23(30-16-36)10-8-19(21)4)29-15-28-22-9-7-18(3)20(11-22)14-25(31-17-37)27(33)35-6-2/h7-14H,5-6H2,1-4H3/b24-13-,25-14-. The Kier molecular flexibility index (Phi) is 11.8. The molecule has 0 aromatic heterocycles. The topological polar surface area (TPSA) is 102 Å². The van der Waals surface area contributed by atoms with Crippen molar-refractivity contribution in [3.05, 3.63) is 70.0 Å². The maximum Gasteiger partial charge on any atom is 0.357 e. The highest BCUT2D eigenvalue weighted by atomic mass is 32.1. The van der Waals surface area contributed by atoms with Crippen molar-refractivity contribution >= 4 is 76.2 Å². The maximum absolute atomic E-state index is 12.5. The van der Waals surface area contributed by atoms with Crippen LogP contribution >= 0.6 is 24.4 Å². The van der Waals surface area contributed by atoms with E-state index in [2.05, 4.69) is 60.7 Å². The summed E-state index contributed by atoms with van der Waals surface area (Å²) in [5.41, 5.74) is 4.20. The number of hydrogen-bond acceptors (Lipinski definition) is 10. The second-order valence-electron chi connectivity index (χ2n) is 7.31. The van der Waals surface area contributed by atoms with E-state index in [4.69, 9.17) is 9.47 Å². The molecule has 0 aliphatic carbocycles. The zero-order valence-corrected chi connectivity index (χ0v) is 22.4. The fourth-order valence-electron chi connectivity index (χ4n) is 2.92. The number of thiocarbonyl (C=S) groups is 2. The highest BCUT2D eigenvalue weighted by Gasteiger charge is 2.12. The van der Waals surface area contributed by atoms with Crippen molar-refractivity contribution in [2.45, 2.75) is 27.7 Å². The molecule has 8 nitrogen and oxygen atoms in total. The molecule has 10 heteroatoms. The Morgan fingerprint density at radius 3 is 1.73 bits per heavy atom. The normalized spacial score (nSPS) is 10.8. The number of isothiocyanates is 2. The van der Waals surface area contributed by atoms with Crippen LogP contribution in [0.5, 0.6) is 0 Å². The van der Waals surface area contributed by atoms with Crippen LogP contribution in [-0.2, 0) is 19.1 Å². The van der Waals surface area contributed by atoms with Crippen LogP contribution in [0.2, 0.25) is 0 Å². The van der Waals surface area contributed by atoms with Gasteiger partial charge in [-0.1, -0.05) is 12.1 Å². The molecular weight excluding hydrogens is 508 g/mol. The van der Waals surface area contributed by atoms with E-state index in [1.807, 2.05) is 26.0 Å². The number of benzene rings is 2. The van der Waals surface area contributed by atoms with Crippen LogP contribution in [0.1, 0.15) is 36.1 Å². The molecular formula is C27H24N4O4S2. The number of aliphatic imine (C=N–C) groups is 4. The largest absolute Gasteiger partial charge is 0.461 e. The van der Waals surface area contributed by atoms with Crippen molar-refractivity contribution in [1.82, 2.24) is 0 Å². The summed E-state index contributed by atoms with van der Waals surface area (Å²) in [7, 11) is 0. The van der Waals surface area contributed by atoms with Gasteiger partial charge in [-0.2, -0.15) is 20.0 Å². The molecule has 188 valence electrons. The van der Waals surface area contributed by atoms with Crippen molar-refractivity contribution in [3.8, 4) is 0 Å². The summed E-state index contributed by atoms with van der Waals surface area (Å²) in [6.07, 6.45) is 3.10. The number of esters is 2. The molecule has 0 aliphatic rings. The second kappa shape index (κ2) is 15.1. The minimum Gasteiger partial charge on any atom is -0.461 e. The van der Waals surface area contributed by atoms with Gasteiger partial charge in [0.15, 0.2) is 11.4 Å². The molecule has 0 heterocycles. The number of hydrogen-bond donors (Lipinski definition) is 0. The van der Waals surface area contributed by atoms with Gasteiger partial charge in [-0.15, -0.1) is 0 Å². The van der Waals surface area contributed by atoms with E-state index in [1.54, 1.807) is 44.2 Å². The van der Waals surface area contributed by atoms with Gasteiger partial charge in [0.05, 0.1) is 34.9 Å². The van der Waals surface area contributed by atoms with Crippen LogP contribution in [0.3, 0.4) is 0 Å². The van der Waals surface area contributed by atoms with Crippen molar-refractivity contribution in [2.24, 2.45) is 20.0 Å². The van der Waals surface area contributed by atoms with Gasteiger partial charge < -0.3 is 9.47 Å². The molecule has 2 rings (SSSR count). The molecule has 0 atom stereocenters. The third-order valence-electron chi connectivity index (χ3n) is 4.77. The summed E-state index contributed by atoms with van der Waals surface area (Å²) in [5.74, 6) is -1.24. The quantitative estimate of drug-likeness (QED) is 0.151. The molecule has 0 saturated heterocycles. The summed E-state index contributed by atoms with van der Waals surface area (Å²) in [5, 5.41) is 4.51. The van der Waals surface area contributed by atoms with E-state index in [9.17, 15) is 9.59 Å². The summed E-state index contributed by atoms with van der Waals surface area (Å²) in [6, 6.07) is 13.2. The summed E-state index contributed by atoms with van der Waals surface area (Å²) >= 11 is 9.31. The number of ether oxygens (including phenoxy) is 2. The monoisotopic (exact) mass is 532 g/mol. The number of nitrogens with zero attached hydrogens (tertiary/aromatic N) is 4. The Morgan fingerprint density at radius 1 is 0.784 bits per heavy atom. The van der Waals surface area contributed by atoms with Crippen LogP contribution in [0, 0.1) is 13.8 Å². The van der Waals surface area contributed by atoms with Gasteiger partial charge >= 0.3 is 11.9 Å². The van der Waals surface area contributed by atoms with Crippen molar-refractivity contribution < 1.29 is 19.1 Å². The Labute approximate surface area is 225 Å². The predicted octanol–water partition coefficient (Wildman–Crippen LogP) is 6.45. The SMILES string of the molecule is CCOC(=O)/C(=C/c1cc(N=C=S)ccc1C)N=C=Nc1ccc(C)c(/C=C(\N=C=S)C(=O)OCC)c1. The van der Waals surface area contributed by atoms with E-state index < -0.39 is 11.9 Å². The molecule has 0 unspecified atom stereocenters. The smallest absolute Gasteiger partial charge is 0.357 e. The molecule has 0 N–H and O–H groups in total. The first-order chi connectivity index (χ1) is 17.8. The average molecular weight is 533 g/mol. The fourth-order valence-corrected chi connectivity index (χ4v) is 3.13. The van der Waals surface area contributed by atoms with Gasteiger partial charge in [-0.3, -0.25) is 0 Å². The summed E-state index contributed by atoms with van der Waals surface area (Å²) in [6.45, 7) is 7.52. The molecule has 0 saturated carbocycles. The van der Waals surface area contributed by atoms with Crippen LogP contribution < -0.4 is 0 Å². The third kappa shape index (κ3) is 9.09. The molecule has 0 amide bonds. The lowest BCUT2D eigenvalue weighted by Gasteiger charge is -2.05. The zero-order chi connectivity index (χ0) is 27.2. The maximum atomic E-state index is 12.5. The Hall–Kier alpha value is -4.16. The molecule has 0 aliphatic heterocycles. The molecule has 0 spiro atoms. The van der Waals surface area contributed by atoms with Gasteiger partial charge in [-0.05, 0) is 111 Å². The summed E-state index contributed by atoms with van der Waals surface area (Å²) in [4.78, 5) is 40.8. The molecule has 2 aromatic carbocycles. The lowest BCUT2D eigenvalue weighted by atomic mass is 10.1. The predicted molar refractivity (Wildman–Crippen MR) is 151 cm³/mol. The van der Waals surface area contributed by atoms with E-state index in [0.29, 0.717) is 22.5 Å². The third-order valence-corrected chi connectivity index (χ3v) is 4.95. The van der Waals surface area contributed by atoms with Crippen LogP contribution in [0.15, 0.2) is 67.8 Å². The lowest BCUT2D eigenvalue weighted by Crippen LogP contribution is -2.06. The zero-order valence-electron chi connectivity index (χ0n) is 20.8. The van der Waals surface area contributed by atoms with Crippen molar-refractivity contribution in [3.63, 3.8) is 0 Å². The average Bonchev–Trinajstić information content (AvgIpc) is 2.87. The van der Waals surface area contributed by atoms with Gasteiger partial charge in [-0.25, -0.2) is 9.59 Å². The van der Waals surface area contributed by atoms with Gasteiger partial charge in [0.25, 0.3) is 0 Å². The van der Waals surface area contributed by atoms with Crippen molar-refractivity contribution in [2.75, 3.05) is 13.2 Å². The van der Waals surface area contributed by atoms with E-state index in [1.165, 1.54) is 6.08 Å². The first kappa shape index (κ1) is 29.1. The molecule has 0 radical (unpaired) electrons. The lowest BCUT2D eigenvalue weighted by molar-refractivity contribution is -0.139. The molecule has 0 bridgehead atoms. The van der Waals surface area contributed by atoms with E-state index in [-0.39, 0.29) is 24.6 Å². The minimum absolute atomic E-state index is 0.00401. The number of aryl methyl sites for hydroxylation is 2. The van der Waals surface area contributed by atoms with E-state index >= 15 is 0 Å². The number of rotatable bonds is 10. The Bertz CT molecular complexity index is 1410. The van der Waals surface area contributed by atoms with Crippen LogP contribution in [0.4, 0.5) is 11.4 Å². The highest BCUT2D eigenvalue weighted by molar-refractivity contribution is 7.78. The number of carbonyl (C=O) groups is 2. The number of carbonyl (C=O) groups excluding carboxylic acids is 2. The first-order valence-corrected chi connectivity index (χ1v) is 12.0. The second-order valence-corrected chi connectivity index (χ2v) is 7.68. The van der Waals surface area contributed by atoms with Gasteiger partial charge in [0.1, 0.15) is 6.01 Å². The fraction of sp³-hybridized carbons (Fsp3) is 0.222. The Morgan fingerprint density at radius 2 is 1.27 bits per heavy atom. The summed E-state index contributed by atoms with van der Waals surface area (Å²) < 4.78 is 10.1. The van der Waals surface area contributed by atoms with Gasteiger partial charge in [0, 0.05) is 0 Å². The van der Waals surface area contributed by atoms with Crippen LogP contribution in [-0.4, -0.2) is 41.5 Å². The Balaban J connectivity index is 2.50. The minimum atomic E-state index is -0.627. The van der Waals surface area contributed by atoms with E-state index in [0.717, 1.165) is 11.1 Å². The molecule has 0 fully saturated rings.